The van der Waals surface area contributed by atoms with Crippen molar-refractivity contribution in [1.29, 1.82) is 5.41 Å². The molecule has 0 fully saturated rings. The number of nitro groups is 1. The van der Waals surface area contributed by atoms with Crippen molar-refractivity contribution in [3.05, 3.63) is 69.8 Å². The number of para-hydroxylation sites is 2. The summed E-state index contributed by atoms with van der Waals surface area (Å²) in [5, 5.41) is 23.4. The first-order valence-corrected chi connectivity index (χ1v) is 8.20. The number of nitrogens with zero attached hydrogens (tertiary/aromatic N) is 4. The molecule has 1 aromatic heterocycles. The van der Waals surface area contributed by atoms with Crippen LogP contribution >= 0.6 is 12.4 Å². The second kappa shape index (κ2) is 8.96. The number of non-ortho nitro benzene ring substituents is 1. The molecule has 0 saturated carbocycles. The fourth-order valence-electron chi connectivity index (χ4n) is 2.63. The van der Waals surface area contributed by atoms with E-state index in [9.17, 15) is 14.9 Å². The lowest BCUT2D eigenvalue weighted by Gasteiger charge is -2.03. The quantitative estimate of drug-likeness (QED) is 0.295. The summed E-state index contributed by atoms with van der Waals surface area (Å²) < 4.78 is 7.89. The minimum absolute atomic E-state index is 0. The highest BCUT2D eigenvalue weighted by atomic mass is 35.5. The van der Waals surface area contributed by atoms with Crippen LogP contribution in [-0.4, -0.2) is 33.0 Å². The molecule has 1 N–H and O–H groups in total. The number of halogens is 1. The molecule has 0 aliphatic rings. The molecular formula is C18H18ClN5O4. The molecule has 0 aliphatic heterocycles. The fourth-order valence-corrected chi connectivity index (χ4v) is 2.63. The fraction of sp³-hybridized carbons (Fsp3) is 0.167. The number of nitrogens with one attached hydrogen (secondary N) is 1. The van der Waals surface area contributed by atoms with Gasteiger partial charge in [-0.2, -0.15) is 9.78 Å². The van der Waals surface area contributed by atoms with Crippen LogP contribution < -0.4 is 5.62 Å². The van der Waals surface area contributed by atoms with Crippen molar-refractivity contribution >= 4 is 41.3 Å². The van der Waals surface area contributed by atoms with Crippen molar-refractivity contribution in [3.63, 3.8) is 0 Å². The average molecular weight is 404 g/mol. The van der Waals surface area contributed by atoms with Crippen molar-refractivity contribution in [2.24, 2.45) is 5.10 Å². The first-order chi connectivity index (χ1) is 13.0. The Hall–Kier alpha value is -3.46. The van der Waals surface area contributed by atoms with Crippen LogP contribution in [0.4, 0.5) is 5.69 Å². The smallest absolute Gasteiger partial charge is 0.326 e. The number of imidazole rings is 1. The standard InChI is InChI=1S/C18H17N5O4.ClH/c1-2-27-17(24)12-21-15-5-3-4-6-16(15)22(18(21)19)20-11-13-7-9-14(10-8-13)23(25)26;/h3-11,19H,2,12H2,1H3;1H. The third-order valence-corrected chi connectivity index (χ3v) is 3.88. The Morgan fingerprint density at radius 2 is 1.86 bits per heavy atom. The van der Waals surface area contributed by atoms with E-state index in [2.05, 4.69) is 5.10 Å². The highest BCUT2D eigenvalue weighted by Crippen LogP contribution is 2.14. The first kappa shape index (κ1) is 20.8. The van der Waals surface area contributed by atoms with Crippen molar-refractivity contribution in [2.75, 3.05) is 6.61 Å². The molecule has 10 heteroatoms. The lowest BCUT2D eigenvalue weighted by Crippen LogP contribution is -2.26. The summed E-state index contributed by atoms with van der Waals surface area (Å²) in [6, 6.07) is 13.1. The Bertz CT molecular complexity index is 1090. The largest absolute Gasteiger partial charge is 0.465 e. The van der Waals surface area contributed by atoms with Gasteiger partial charge in [0.2, 0.25) is 5.62 Å². The van der Waals surface area contributed by atoms with Crippen LogP contribution in [0.15, 0.2) is 53.6 Å². The molecule has 0 spiro atoms. The monoisotopic (exact) mass is 403 g/mol. The van der Waals surface area contributed by atoms with Crippen LogP contribution in [0.2, 0.25) is 0 Å². The topological polar surface area (TPSA) is 116 Å². The van der Waals surface area contributed by atoms with Crippen LogP contribution in [0.25, 0.3) is 11.0 Å². The third kappa shape index (κ3) is 4.26. The van der Waals surface area contributed by atoms with E-state index in [1.165, 1.54) is 27.6 Å². The van der Waals surface area contributed by atoms with Crippen molar-refractivity contribution in [3.8, 4) is 0 Å². The number of ether oxygens (including phenoxy) is 1. The summed E-state index contributed by atoms with van der Waals surface area (Å²) >= 11 is 0. The van der Waals surface area contributed by atoms with Crippen LogP contribution in [0, 0.1) is 15.5 Å². The number of carbonyl (C=O) groups excluding carboxylic acids is 1. The number of hydrogen-bond acceptors (Lipinski definition) is 6. The summed E-state index contributed by atoms with van der Waals surface area (Å²) in [6.45, 7) is 1.90. The first-order valence-electron chi connectivity index (χ1n) is 8.20. The summed E-state index contributed by atoms with van der Waals surface area (Å²) in [6.07, 6.45) is 1.50. The second-order valence-electron chi connectivity index (χ2n) is 5.61. The van der Waals surface area contributed by atoms with E-state index < -0.39 is 10.9 Å². The lowest BCUT2D eigenvalue weighted by molar-refractivity contribution is -0.384. The van der Waals surface area contributed by atoms with Crippen molar-refractivity contribution < 1.29 is 14.5 Å². The number of nitro benzene ring substituents is 1. The number of benzene rings is 2. The number of hydrogen-bond donors (Lipinski definition) is 1. The molecule has 0 radical (unpaired) electrons. The van der Waals surface area contributed by atoms with Gasteiger partial charge < -0.3 is 4.74 Å². The predicted molar refractivity (Wildman–Crippen MR) is 106 cm³/mol. The van der Waals surface area contributed by atoms with Gasteiger partial charge in [0.15, 0.2) is 0 Å². The predicted octanol–water partition coefficient (Wildman–Crippen LogP) is 2.70. The number of fused-ring (bicyclic) bond motifs is 1. The maximum absolute atomic E-state index is 11.9. The molecule has 146 valence electrons. The number of rotatable bonds is 6. The van der Waals surface area contributed by atoms with E-state index >= 15 is 0 Å². The van der Waals surface area contributed by atoms with Gasteiger partial charge >= 0.3 is 5.97 Å². The van der Waals surface area contributed by atoms with Gasteiger partial charge in [-0.3, -0.25) is 24.9 Å². The van der Waals surface area contributed by atoms with Gasteiger partial charge in [0, 0.05) is 12.1 Å². The Morgan fingerprint density at radius 1 is 1.21 bits per heavy atom. The zero-order valence-electron chi connectivity index (χ0n) is 14.9. The molecule has 9 nitrogen and oxygen atoms in total. The minimum Gasteiger partial charge on any atom is -0.465 e. The van der Waals surface area contributed by atoms with Crippen LogP contribution in [0.5, 0.6) is 0 Å². The van der Waals surface area contributed by atoms with E-state index in [1.54, 1.807) is 31.2 Å². The molecule has 0 saturated heterocycles. The summed E-state index contributed by atoms with van der Waals surface area (Å²) in [7, 11) is 0. The van der Waals surface area contributed by atoms with E-state index in [1.807, 2.05) is 12.1 Å². The minimum atomic E-state index is -0.472. The summed E-state index contributed by atoms with van der Waals surface area (Å²) in [4.78, 5) is 22.1. The van der Waals surface area contributed by atoms with Gasteiger partial charge in [0.1, 0.15) is 6.54 Å². The highest BCUT2D eigenvalue weighted by molar-refractivity contribution is 5.85. The number of aromatic nitrogens is 2. The van der Waals surface area contributed by atoms with Gasteiger partial charge in [0.05, 0.1) is 28.8 Å². The van der Waals surface area contributed by atoms with E-state index in [-0.39, 0.29) is 36.9 Å². The molecule has 2 aromatic carbocycles. The SMILES string of the molecule is CCOC(=O)Cn1c(=N)n(N=Cc2ccc([N+](=O)[O-])cc2)c2ccccc21.Cl. The molecule has 0 amide bonds. The summed E-state index contributed by atoms with van der Waals surface area (Å²) in [5.74, 6) is -0.432. The molecule has 28 heavy (non-hydrogen) atoms. The highest BCUT2D eigenvalue weighted by Gasteiger charge is 2.13. The number of carbonyl (C=O) groups is 1. The Balaban J connectivity index is 0.00000280. The van der Waals surface area contributed by atoms with Crippen LogP contribution in [-0.2, 0) is 16.1 Å². The maximum Gasteiger partial charge on any atom is 0.326 e. The van der Waals surface area contributed by atoms with Crippen LogP contribution in [0.3, 0.4) is 0 Å². The molecule has 1 heterocycles. The zero-order chi connectivity index (χ0) is 19.4. The maximum atomic E-state index is 11.9. The average Bonchev–Trinajstić information content (AvgIpc) is 2.92. The van der Waals surface area contributed by atoms with Crippen LogP contribution in [0.1, 0.15) is 12.5 Å². The molecular weight excluding hydrogens is 386 g/mol. The molecule has 3 rings (SSSR count). The Morgan fingerprint density at radius 3 is 2.46 bits per heavy atom. The van der Waals surface area contributed by atoms with Gasteiger partial charge in [-0.05, 0) is 36.8 Å². The molecule has 0 atom stereocenters. The van der Waals surface area contributed by atoms with Crippen molar-refractivity contribution in [1.82, 2.24) is 9.24 Å². The Labute approximate surface area is 165 Å². The van der Waals surface area contributed by atoms with E-state index in [0.717, 1.165) is 0 Å². The second-order valence-corrected chi connectivity index (χ2v) is 5.61. The third-order valence-electron chi connectivity index (χ3n) is 3.88. The van der Waals surface area contributed by atoms with Gasteiger partial charge in [-0.1, -0.05) is 12.1 Å². The van der Waals surface area contributed by atoms with Crippen molar-refractivity contribution in [2.45, 2.75) is 13.5 Å². The van der Waals surface area contributed by atoms with Gasteiger partial charge in [-0.15, -0.1) is 12.4 Å². The van der Waals surface area contributed by atoms with Gasteiger partial charge in [0.25, 0.3) is 5.69 Å². The lowest BCUT2D eigenvalue weighted by atomic mass is 10.2. The summed E-state index contributed by atoms with van der Waals surface area (Å²) in [5.41, 5.74) is 1.99. The molecule has 0 unspecified atom stereocenters. The van der Waals surface area contributed by atoms with Gasteiger partial charge in [-0.25, -0.2) is 0 Å². The zero-order valence-corrected chi connectivity index (χ0v) is 15.8. The van der Waals surface area contributed by atoms with E-state index in [0.29, 0.717) is 16.6 Å². The molecule has 0 aliphatic carbocycles. The van der Waals surface area contributed by atoms with E-state index in [4.69, 9.17) is 10.1 Å². The molecule has 3 aromatic rings. The normalized spacial score (nSPS) is 10.8. The Kier molecular flexibility index (Phi) is 6.67. The molecule has 0 bridgehead atoms. The number of esters is 1.